The molecule has 4 N–H and O–H groups in total. The lowest BCUT2D eigenvalue weighted by atomic mass is 10.1. The summed E-state index contributed by atoms with van der Waals surface area (Å²) in [5.74, 6) is -1.12. The molecule has 0 radical (unpaired) electrons. The normalized spacial score (nSPS) is 12.2. The standard InChI is InChI=1S/C31H28Cl3N5O7S/c1-44-20-9-10-25(45-2)27(14-20)47(42,43)26-11-6-18(32)13-23(26)38-31(35)39-24(30(41)46-3)12-17-4-7-19(8-5-17)37-29(40)28-21(33)15-36-16-22(28)34/h4-11,13-16,24H,12H2,1-3H3,(H,37,40)(H3,35,38,39)/t24-/m0/s1. The van der Waals surface area contributed by atoms with Crippen LogP contribution in [-0.2, 0) is 25.8 Å². The maximum atomic E-state index is 13.8. The number of nitrogens with two attached hydrogens (primary N) is 1. The third-order valence-corrected chi connectivity index (χ3v) is 9.29. The van der Waals surface area contributed by atoms with E-state index in [2.05, 4.69) is 20.6 Å². The maximum Gasteiger partial charge on any atom is 0.331 e. The molecule has 16 heteroatoms. The molecule has 0 unspecified atom stereocenters. The van der Waals surface area contributed by atoms with E-state index in [4.69, 9.17) is 54.7 Å². The van der Waals surface area contributed by atoms with Gasteiger partial charge >= 0.3 is 5.97 Å². The second kappa shape index (κ2) is 15.4. The minimum Gasteiger partial charge on any atom is -0.497 e. The van der Waals surface area contributed by atoms with Crippen LogP contribution in [0.5, 0.6) is 11.5 Å². The molecule has 0 fully saturated rings. The molecule has 12 nitrogen and oxygen atoms in total. The van der Waals surface area contributed by atoms with E-state index in [0.717, 1.165) is 0 Å². The Morgan fingerprint density at radius 1 is 0.894 bits per heavy atom. The molecule has 0 aliphatic rings. The van der Waals surface area contributed by atoms with Crippen molar-refractivity contribution in [3.8, 4) is 11.5 Å². The van der Waals surface area contributed by atoms with Gasteiger partial charge < -0.3 is 30.6 Å². The summed E-state index contributed by atoms with van der Waals surface area (Å²) < 4.78 is 43.0. The number of aliphatic imine (C=N–C) groups is 1. The van der Waals surface area contributed by atoms with E-state index in [1.165, 1.54) is 64.1 Å². The van der Waals surface area contributed by atoms with Crippen LogP contribution < -0.4 is 25.8 Å². The summed E-state index contributed by atoms with van der Waals surface area (Å²) in [6, 6.07) is 13.9. The minimum atomic E-state index is -4.22. The Balaban J connectivity index is 1.57. The second-order valence-electron chi connectivity index (χ2n) is 9.67. The average Bonchev–Trinajstić information content (AvgIpc) is 3.04. The molecule has 0 bridgehead atoms. The van der Waals surface area contributed by atoms with Gasteiger partial charge in [0.15, 0.2) is 12.0 Å². The molecule has 4 aromatic rings. The molecule has 0 spiro atoms. The van der Waals surface area contributed by atoms with Crippen LogP contribution in [0.4, 0.5) is 11.4 Å². The van der Waals surface area contributed by atoms with Crippen molar-refractivity contribution in [1.82, 2.24) is 4.98 Å². The first-order valence-electron chi connectivity index (χ1n) is 13.5. The van der Waals surface area contributed by atoms with Crippen molar-refractivity contribution < 1.29 is 32.2 Å². The second-order valence-corrected chi connectivity index (χ2v) is 12.8. The van der Waals surface area contributed by atoms with Crippen molar-refractivity contribution in [2.75, 3.05) is 32.0 Å². The summed E-state index contributed by atoms with van der Waals surface area (Å²) in [6.07, 6.45) is 2.67. The molecular weight excluding hydrogens is 693 g/mol. The quantitative estimate of drug-likeness (QED) is 0.0999. The van der Waals surface area contributed by atoms with E-state index in [0.29, 0.717) is 17.0 Å². The zero-order valence-electron chi connectivity index (χ0n) is 25.1. The fourth-order valence-electron chi connectivity index (χ4n) is 4.37. The first kappa shape index (κ1) is 35.3. The summed E-state index contributed by atoms with van der Waals surface area (Å²) in [7, 11) is -0.264. The van der Waals surface area contributed by atoms with E-state index in [9.17, 15) is 18.0 Å². The van der Waals surface area contributed by atoms with E-state index in [1.807, 2.05) is 0 Å². The highest BCUT2D eigenvalue weighted by atomic mass is 35.5. The van der Waals surface area contributed by atoms with E-state index in [-0.39, 0.29) is 54.2 Å². The van der Waals surface area contributed by atoms with Gasteiger partial charge in [-0.15, -0.1) is 0 Å². The van der Waals surface area contributed by atoms with Gasteiger partial charge in [-0.1, -0.05) is 46.9 Å². The van der Waals surface area contributed by atoms with E-state index >= 15 is 0 Å². The van der Waals surface area contributed by atoms with Crippen LogP contribution in [0.25, 0.3) is 0 Å². The predicted molar refractivity (Wildman–Crippen MR) is 180 cm³/mol. The predicted octanol–water partition coefficient (Wildman–Crippen LogP) is 5.66. The highest BCUT2D eigenvalue weighted by molar-refractivity contribution is 7.91. The number of methoxy groups -OCH3 is 3. The lowest BCUT2D eigenvalue weighted by Gasteiger charge is -2.17. The first-order chi connectivity index (χ1) is 22.4. The molecule has 1 heterocycles. The summed E-state index contributed by atoms with van der Waals surface area (Å²) in [5.41, 5.74) is 7.35. The number of esters is 1. The summed E-state index contributed by atoms with van der Waals surface area (Å²) in [6.45, 7) is 0. The van der Waals surface area contributed by atoms with Crippen molar-refractivity contribution in [2.45, 2.75) is 22.3 Å². The molecule has 1 atom stereocenters. The molecule has 1 amide bonds. The molecule has 246 valence electrons. The number of carbonyl (C=O) groups excluding carboxylic acids is 2. The fraction of sp³-hybridized carbons (Fsp3) is 0.161. The highest BCUT2D eigenvalue weighted by Crippen LogP contribution is 2.36. The number of sulfone groups is 1. The molecule has 0 saturated carbocycles. The largest absolute Gasteiger partial charge is 0.497 e. The number of amides is 1. The highest BCUT2D eigenvalue weighted by Gasteiger charge is 2.27. The lowest BCUT2D eigenvalue weighted by Crippen LogP contribution is -2.31. The number of nitrogens with zero attached hydrogens (tertiary/aromatic N) is 2. The zero-order chi connectivity index (χ0) is 34.3. The number of benzene rings is 3. The van der Waals surface area contributed by atoms with Crippen LogP contribution in [0.15, 0.2) is 87.8 Å². The van der Waals surface area contributed by atoms with Gasteiger partial charge in [0.1, 0.15) is 16.4 Å². The molecule has 0 saturated heterocycles. The number of pyridine rings is 1. The zero-order valence-corrected chi connectivity index (χ0v) is 28.2. The van der Waals surface area contributed by atoms with Crippen molar-refractivity contribution in [2.24, 2.45) is 10.7 Å². The van der Waals surface area contributed by atoms with Crippen LogP contribution in [0, 0.1) is 0 Å². The van der Waals surface area contributed by atoms with Crippen molar-refractivity contribution in [3.63, 3.8) is 0 Å². The number of nitrogens with one attached hydrogen (secondary N) is 2. The van der Waals surface area contributed by atoms with Gasteiger partial charge in [-0.05, 0) is 48.0 Å². The Hall–Kier alpha value is -4.56. The Morgan fingerprint density at radius 2 is 1.57 bits per heavy atom. The van der Waals surface area contributed by atoms with Gasteiger partial charge in [-0.25, -0.2) is 18.2 Å². The van der Waals surface area contributed by atoms with Crippen molar-refractivity contribution >= 4 is 73.9 Å². The van der Waals surface area contributed by atoms with Crippen LogP contribution in [0.1, 0.15) is 15.9 Å². The van der Waals surface area contributed by atoms with Crippen LogP contribution in [0.2, 0.25) is 15.1 Å². The van der Waals surface area contributed by atoms with Crippen LogP contribution >= 0.6 is 34.8 Å². The fourth-order valence-corrected chi connectivity index (χ4v) is 6.65. The molecule has 0 aliphatic heterocycles. The number of hydrogen-bond acceptors (Lipinski definition) is 9. The molecule has 1 aromatic heterocycles. The number of guanidine groups is 1. The summed E-state index contributed by atoms with van der Waals surface area (Å²) >= 11 is 18.4. The number of halogens is 3. The van der Waals surface area contributed by atoms with E-state index in [1.54, 1.807) is 30.3 Å². The maximum absolute atomic E-state index is 13.8. The number of hydrogen-bond donors (Lipinski definition) is 3. The van der Waals surface area contributed by atoms with Gasteiger partial charge in [0.2, 0.25) is 9.84 Å². The van der Waals surface area contributed by atoms with Gasteiger partial charge in [0.05, 0.1) is 47.5 Å². The van der Waals surface area contributed by atoms with Gasteiger partial charge in [-0.2, -0.15) is 0 Å². The average molecular weight is 721 g/mol. The smallest absolute Gasteiger partial charge is 0.331 e. The Labute approximate surface area is 285 Å². The van der Waals surface area contributed by atoms with Crippen LogP contribution in [-0.4, -0.2) is 58.6 Å². The van der Waals surface area contributed by atoms with Crippen LogP contribution in [0.3, 0.4) is 0 Å². The monoisotopic (exact) mass is 719 g/mol. The number of carbonyl (C=O) groups is 2. The third-order valence-electron chi connectivity index (χ3n) is 6.64. The lowest BCUT2D eigenvalue weighted by molar-refractivity contribution is -0.142. The van der Waals surface area contributed by atoms with Gasteiger partial charge in [0.25, 0.3) is 5.91 Å². The molecule has 4 rings (SSSR count). The minimum absolute atomic E-state index is 0.00161. The van der Waals surface area contributed by atoms with E-state index < -0.39 is 27.8 Å². The Bertz CT molecular complexity index is 1920. The number of ether oxygens (including phenoxy) is 3. The molecular formula is C31H28Cl3N5O7S. The topological polar surface area (TPSA) is 171 Å². The van der Waals surface area contributed by atoms with Crippen molar-refractivity contribution in [3.05, 3.63) is 99.3 Å². The number of aromatic nitrogens is 1. The molecule has 47 heavy (non-hydrogen) atoms. The Morgan fingerprint density at radius 3 is 2.19 bits per heavy atom. The summed E-state index contributed by atoms with van der Waals surface area (Å²) in [5, 5.41) is 5.86. The first-order valence-corrected chi connectivity index (χ1v) is 16.1. The SMILES string of the molecule is COC(=O)[C@H](Cc1ccc(NC(=O)c2c(Cl)cncc2Cl)cc1)N=C(N)Nc1cc(Cl)ccc1S(=O)(=O)c1cc(OC)ccc1OC. The third kappa shape index (κ3) is 8.43. The number of rotatable bonds is 11. The van der Waals surface area contributed by atoms with Gasteiger partial charge in [0, 0.05) is 35.6 Å². The van der Waals surface area contributed by atoms with Crippen molar-refractivity contribution in [1.29, 1.82) is 0 Å². The molecule has 0 aliphatic carbocycles. The Kier molecular flexibility index (Phi) is 11.5. The summed E-state index contributed by atoms with van der Waals surface area (Å²) in [4.78, 5) is 33.2. The van der Waals surface area contributed by atoms with Gasteiger partial charge in [-0.3, -0.25) is 9.78 Å². The number of anilines is 2. The molecule has 3 aromatic carbocycles.